The fraction of sp³-hybridized carbons (Fsp3) is 0.435. The molecule has 16 heteroatoms. The zero-order valence-corrected chi connectivity index (χ0v) is 20.8. The summed E-state index contributed by atoms with van der Waals surface area (Å²) in [6, 6.07) is -0.0893. The molecular formula is C23H32N6O10. The molecular weight excluding hydrogens is 520 g/mol. The van der Waals surface area contributed by atoms with Crippen molar-refractivity contribution < 1.29 is 48.9 Å². The topological polar surface area (TPSA) is 294 Å². The molecule has 1 aromatic carbocycles. The first-order valence-corrected chi connectivity index (χ1v) is 11.6. The zero-order chi connectivity index (χ0) is 29.7. The van der Waals surface area contributed by atoms with Crippen LogP contribution in [0, 0.1) is 0 Å². The molecule has 0 fully saturated rings. The van der Waals surface area contributed by atoms with Gasteiger partial charge in [-0.1, -0.05) is 12.1 Å². The van der Waals surface area contributed by atoms with E-state index in [0.29, 0.717) is 5.56 Å². The summed E-state index contributed by atoms with van der Waals surface area (Å²) >= 11 is 0. The number of carbonyl (C=O) groups is 7. The summed E-state index contributed by atoms with van der Waals surface area (Å²) in [7, 11) is 0. The van der Waals surface area contributed by atoms with E-state index in [1.807, 2.05) is 5.32 Å². The van der Waals surface area contributed by atoms with Crippen molar-refractivity contribution in [2.24, 2.45) is 17.2 Å². The van der Waals surface area contributed by atoms with Gasteiger partial charge in [0.15, 0.2) is 0 Å². The number of carbonyl (C=O) groups excluding carboxylic acids is 5. The highest BCUT2D eigenvalue weighted by Crippen LogP contribution is 2.11. The van der Waals surface area contributed by atoms with Crippen molar-refractivity contribution >= 4 is 41.5 Å². The third-order valence-electron chi connectivity index (χ3n) is 5.34. The van der Waals surface area contributed by atoms with Crippen LogP contribution in [0.4, 0.5) is 0 Å². The Morgan fingerprint density at radius 1 is 0.718 bits per heavy atom. The smallest absolute Gasteiger partial charge is 0.326 e. The summed E-state index contributed by atoms with van der Waals surface area (Å²) in [5.41, 5.74) is 16.8. The van der Waals surface area contributed by atoms with E-state index in [-0.39, 0.29) is 25.0 Å². The summed E-state index contributed by atoms with van der Waals surface area (Å²) in [5.74, 6) is -7.68. The van der Waals surface area contributed by atoms with Crippen LogP contribution in [0.1, 0.15) is 37.7 Å². The third-order valence-corrected chi connectivity index (χ3v) is 5.34. The van der Waals surface area contributed by atoms with Crippen molar-refractivity contribution in [1.29, 1.82) is 0 Å². The number of carboxylic acid groups (broad SMARTS) is 2. The molecule has 0 aromatic heterocycles. The maximum absolute atomic E-state index is 13.0. The van der Waals surface area contributed by atoms with Crippen LogP contribution >= 0.6 is 0 Å². The number of primary amides is 2. The molecule has 0 saturated heterocycles. The van der Waals surface area contributed by atoms with Gasteiger partial charge in [-0.3, -0.25) is 28.8 Å². The van der Waals surface area contributed by atoms with E-state index in [4.69, 9.17) is 22.3 Å². The molecule has 39 heavy (non-hydrogen) atoms. The predicted molar refractivity (Wildman–Crippen MR) is 132 cm³/mol. The molecule has 5 amide bonds. The van der Waals surface area contributed by atoms with E-state index in [1.54, 1.807) is 0 Å². The highest BCUT2D eigenvalue weighted by atomic mass is 16.4. The van der Waals surface area contributed by atoms with Crippen molar-refractivity contribution in [2.45, 2.75) is 62.7 Å². The number of aromatic hydroxyl groups is 1. The van der Waals surface area contributed by atoms with Crippen LogP contribution in [-0.4, -0.2) is 81.0 Å². The number of aliphatic carboxylic acids is 2. The third kappa shape index (κ3) is 12.4. The molecule has 0 aliphatic carbocycles. The molecule has 214 valence electrons. The number of hydrogen-bond acceptors (Lipinski definition) is 9. The molecule has 0 aliphatic heterocycles. The SMILES string of the molecule is NC(=O)CCC(NC(=O)C(N)Cc1ccc(O)cc1)C(=O)NC(CC(N)=O)C(=O)NC(CCC(=O)O)C(=O)O. The number of phenolic OH excluding ortho intramolecular Hbond substituents is 1. The summed E-state index contributed by atoms with van der Waals surface area (Å²) in [5, 5.41) is 34.0. The molecule has 4 atom stereocenters. The minimum Gasteiger partial charge on any atom is -0.508 e. The predicted octanol–water partition coefficient (Wildman–Crippen LogP) is -3.19. The second-order valence-corrected chi connectivity index (χ2v) is 8.61. The lowest BCUT2D eigenvalue weighted by Gasteiger charge is -2.24. The van der Waals surface area contributed by atoms with Crippen molar-refractivity contribution in [1.82, 2.24) is 16.0 Å². The van der Waals surface area contributed by atoms with Crippen molar-refractivity contribution in [3.8, 4) is 5.75 Å². The van der Waals surface area contributed by atoms with E-state index in [9.17, 15) is 43.8 Å². The maximum Gasteiger partial charge on any atom is 0.326 e. The number of phenols is 1. The zero-order valence-electron chi connectivity index (χ0n) is 20.8. The second-order valence-electron chi connectivity index (χ2n) is 8.61. The number of nitrogens with two attached hydrogens (primary N) is 3. The van der Waals surface area contributed by atoms with Crippen molar-refractivity contribution in [3.05, 3.63) is 29.8 Å². The van der Waals surface area contributed by atoms with E-state index in [0.717, 1.165) is 0 Å². The lowest BCUT2D eigenvalue weighted by Crippen LogP contribution is -2.58. The molecule has 0 radical (unpaired) electrons. The van der Waals surface area contributed by atoms with Gasteiger partial charge in [0.2, 0.25) is 29.5 Å². The van der Waals surface area contributed by atoms with Crippen LogP contribution in [0.5, 0.6) is 5.75 Å². The Labute approximate surface area is 222 Å². The van der Waals surface area contributed by atoms with Gasteiger partial charge in [-0.15, -0.1) is 0 Å². The molecule has 1 rings (SSSR count). The van der Waals surface area contributed by atoms with E-state index >= 15 is 0 Å². The number of hydrogen-bond donors (Lipinski definition) is 9. The monoisotopic (exact) mass is 552 g/mol. The van der Waals surface area contributed by atoms with Gasteiger partial charge in [-0.2, -0.15) is 0 Å². The van der Waals surface area contributed by atoms with Gasteiger partial charge in [-0.05, 0) is 37.0 Å². The Morgan fingerprint density at radius 2 is 1.23 bits per heavy atom. The Hall–Kier alpha value is -4.73. The summed E-state index contributed by atoms with van der Waals surface area (Å²) in [6.45, 7) is 0. The number of nitrogens with one attached hydrogen (secondary N) is 3. The van der Waals surface area contributed by atoms with Crippen LogP contribution in [0.2, 0.25) is 0 Å². The van der Waals surface area contributed by atoms with Crippen LogP contribution in [0.25, 0.3) is 0 Å². The number of rotatable bonds is 17. The van der Waals surface area contributed by atoms with Gasteiger partial charge in [-0.25, -0.2) is 4.79 Å². The Morgan fingerprint density at radius 3 is 1.74 bits per heavy atom. The molecule has 0 saturated carbocycles. The quantitative estimate of drug-likeness (QED) is 0.0927. The molecule has 0 heterocycles. The first-order valence-electron chi connectivity index (χ1n) is 11.6. The van der Waals surface area contributed by atoms with Gasteiger partial charge in [0.05, 0.1) is 12.5 Å². The molecule has 16 nitrogen and oxygen atoms in total. The second kappa shape index (κ2) is 15.5. The Bertz CT molecular complexity index is 1080. The first kappa shape index (κ1) is 32.3. The van der Waals surface area contributed by atoms with Gasteiger partial charge in [0, 0.05) is 12.8 Å². The van der Waals surface area contributed by atoms with Crippen LogP contribution in [-0.2, 0) is 40.0 Å². The molecule has 0 bridgehead atoms. The summed E-state index contributed by atoms with van der Waals surface area (Å²) < 4.78 is 0. The summed E-state index contributed by atoms with van der Waals surface area (Å²) in [4.78, 5) is 83.3. The van der Waals surface area contributed by atoms with Crippen molar-refractivity contribution in [3.63, 3.8) is 0 Å². The van der Waals surface area contributed by atoms with Gasteiger partial charge in [0.1, 0.15) is 23.9 Å². The lowest BCUT2D eigenvalue weighted by atomic mass is 10.0. The van der Waals surface area contributed by atoms with E-state index in [2.05, 4.69) is 10.6 Å². The fourth-order valence-electron chi connectivity index (χ4n) is 3.29. The number of carboxylic acids is 2. The number of benzene rings is 1. The summed E-state index contributed by atoms with van der Waals surface area (Å²) in [6.07, 6.45) is -2.47. The molecule has 4 unspecified atom stereocenters. The lowest BCUT2D eigenvalue weighted by molar-refractivity contribution is -0.143. The molecule has 0 spiro atoms. The van der Waals surface area contributed by atoms with Crippen LogP contribution < -0.4 is 33.2 Å². The standard InChI is InChI=1S/C23H32N6O10/c24-13(9-11-1-3-12(30)4-2-11)20(35)27-14(5-7-17(25)31)21(36)29-16(10-18(26)32)22(37)28-15(23(38)39)6-8-19(33)34/h1-4,13-16,30H,5-10,24H2,(H2,25,31)(H2,26,32)(H,27,35)(H,28,37)(H,29,36)(H,33,34)(H,38,39). The van der Waals surface area contributed by atoms with Gasteiger partial charge < -0.3 is 48.5 Å². The average molecular weight is 553 g/mol. The van der Waals surface area contributed by atoms with Gasteiger partial charge in [0.25, 0.3) is 0 Å². The minimum atomic E-state index is -1.69. The number of amides is 5. The van der Waals surface area contributed by atoms with Crippen LogP contribution in [0.3, 0.4) is 0 Å². The fourth-order valence-corrected chi connectivity index (χ4v) is 3.29. The van der Waals surface area contributed by atoms with Crippen molar-refractivity contribution in [2.75, 3.05) is 0 Å². The Balaban J connectivity index is 3.01. The molecule has 0 aliphatic rings. The molecule has 12 N–H and O–H groups in total. The normalized spacial score (nSPS) is 13.7. The maximum atomic E-state index is 13.0. The van der Waals surface area contributed by atoms with E-state index < -0.39 is 84.9 Å². The van der Waals surface area contributed by atoms with E-state index in [1.165, 1.54) is 24.3 Å². The first-order chi connectivity index (χ1) is 18.2. The van der Waals surface area contributed by atoms with Gasteiger partial charge >= 0.3 is 11.9 Å². The highest BCUT2D eigenvalue weighted by Gasteiger charge is 2.31. The highest BCUT2D eigenvalue weighted by molar-refractivity contribution is 5.96. The minimum absolute atomic E-state index is 0.00562. The molecule has 1 aromatic rings. The Kier molecular flexibility index (Phi) is 12.8. The van der Waals surface area contributed by atoms with Crippen LogP contribution in [0.15, 0.2) is 24.3 Å². The largest absolute Gasteiger partial charge is 0.508 e. The average Bonchev–Trinajstić information content (AvgIpc) is 2.84.